The number of thiophene rings is 1. The minimum Gasteiger partial charge on any atom is -0.396 e. The van der Waals surface area contributed by atoms with E-state index in [2.05, 4.69) is 15.3 Å². The van der Waals surface area contributed by atoms with E-state index in [4.69, 9.17) is 5.73 Å². The third kappa shape index (κ3) is 2.85. The molecule has 0 spiro atoms. The van der Waals surface area contributed by atoms with Crippen molar-refractivity contribution in [2.24, 2.45) is 0 Å². The minimum atomic E-state index is -0.149. The average molecular weight is 298 g/mol. The maximum Gasteiger partial charge on any atom is 0.263 e. The number of pyridine rings is 2. The van der Waals surface area contributed by atoms with Gasteiger partial charge in [-0.2, -0.15) is 0 Å². The van der Waals surface area contributed by atoms with Gasteiger partial charge in [-0.1, -0.05) is 0 Å². The number of nitrogens with one attached hydrogen (secondary N) is 1. The lowest BCUT2D eigenvalue weighted by Crippen LogP contribution is -2.25. The van der Waals surface area contributed by atoms with Gasteiger partial charge in [0.1, 0.15) is 10.4 Å². The number of anilines is 1. The Labute approximate surface area is 125 Å². The van der Waals surface area contributed by atoms with Crippen LogP contribution in [0, 0.1) is 0 Å². The van der Waals surface area contributed by atoms with Crippen LogP contribution >= 0.6 is 11.3 Å². The van der Waals surface area contributed by atoms with Crippen LogP contribution in [0.1, 0.15) is 15.2 Å². The van der Waals surface area contributed by atoms with E-state index < -0.39 is 0 Å². The highest BCUT2D eigenvalue weighted by atomic mass is 32.1. The van der Waals surface area contributed by atoms with Crippen LogP contribution in [-0.4, -0.2) is 22.4 Å². The minimum absolute atomic E-state index is 0.149. The molecule has 0 aliphatic carbocycles. The first-order chi connectivity index (χ1) is 10.3. The van der Waals surface area contributed by atoms with Gasteiger partial charge in [-0.3, -0.25) is 14.8 Å². The second-order valence-corrected chi connectivity index (χ2v) is 5.61. The monoisotopic (exact) mass is 298 g/mol. The first-order valence-electron chi connectivity index (χ1n) is 6.56. The van der Waals surface area contributed by atoms with Crippen molar-refractivity contribution in [2.75, 3.05) is 12.3 Å². The first-order valence-corrected chi connectivity index (χ1v) is 7.37. The molecule has 0 bridgehead atoms. The van der Waals surface area contributed by atoms with Gasteiger partial charge in [-0.15, -0.1) is 11.3 Å². The van der Waals surface area contributed by atoms with Gasteiger partial charge in [0.25, 0.3) is 5.91 Å². The molecule has 3 rings (SSSR count). The Kier molecular flexibility index (Phi) is 3.79. The Hall–Kier alpha value is -2.47. The quantitative estimate of drug-likeness (QED) is 0.774. The van der Waals surface area contributed by atoms with E-state index in [1.54, 1.807) is 18.6 Å². The molecule has 3 aromatic heterocycles. The van der Waals surface area contributed by atoms with Gasteiger partial charge in [0.15, 0.2) is 0 Å². The molecule has 0 saturated carbocycles. The predicted octanol–water partition coefficient (Wildman–Crippen LogP) is 2.25. The lowest BCUT2D eigenvalue weighted by molar-refractivity contribution is 0.0959. The summed E-state index contributed by atoms with van der Waals surface area (Å²) in [6.45, 7) is 0.559. The molecule has 0 atom stereocenters. The summed E-state index contributed by atoms with van der Waals surface area (Å²) in [4.78, 5) is 20.9. The van der Waals surface area contributed by atoms with Crippen LogP contribution in [0.15, 0.2) is 42.9 Å². The van der Waals surface area contributed by atoms with Crippen LogP contribution in [0.4, 0.5) is 5.69 Å². The van der Waals surface area contributed by atoms with Crippen molar-refractivity contribution in [1.82, 2.24) is 15.3 Å². The van der Waals surface area contributed by atoms with Gasteiger partial charge in [-0.05, 0) is 36.2 Å². The molecule has 106 valence electrons. The fourth-order valence-corrected chi connectivity index (χ4v) is 3.06. The third-order valence-electron chi connectivity index (χ3n) is 3.14. The van der Waals surface area contributed by atoms with Crippen molar-refractivity contribution >= 4 is 33.1 Å². The summed E-state index contributed by atoms with van der Waals surface area (Å²) in [6.07, 6.45) is 5.92. The molecule has 0 radical (unpaired) electrons. The first kappa shape index (κ1) is 13.5. The normalized spacial score (nSPS) is 10.7. The molecule has 6 heteroatoms. The average Bonchev–Trinajstić information content (AvgIpc) is 2.86. The molecule has 0 aliphatic rings. The highest BCUT2D eigenvalue weighted by Crippen LogP contribution is 2.31. The number of hydrogen-bond acceptors (Lipinski definition) is 5. The predicted molar refractivity (Wildman–Crippen MR) is 84.3 cm³/mol. The second-order valence-electron chi connectivity index (χ2n) is 4.56. The number of fused-ring (bicyclic) bond motifs is 1. The SMILES string of the molecule is Nc1c(C(=O)NCCc2ccncc2)sc2cccnc12. The van der Waals surface area contributed by atoms with Gasteiger partial charge in [0.2, 0.25) is 0 Å². The van der Waals surface area contributed by atoms with Crippen LogP contribution < -0.4 is 11.1 Å². The fourth-order valence-electron chi connectivity index (χ4n) is 2.07. The number of amides is 1. The fraction of sp³-hybridized carbons (Fsp3) is 0.133. The van der Waals surface area contributed by atoms with Crippen LogP contribution in [-0.2, 0) is 6.42 Å². The molecule has 0 unspecified atom stereocenters. The number of nitrogens with zero attached hydrogens (tertiary/aromatic N) is 2. The number of carbonyl (C=O) groups excluding carboxylic acids is 1. The Morgan fingerprint density at radius 2 is 2.05 bits per heavy atom. The summed E-state index contributed by atoms with van der Waals surface area (Å²) in [5.41, 5.74) is 8.29. The van der Waals surface area contributed by atoms with Crippen molar-refractivity contribution in [3.8, 4) is 0 Å². The molecule has 1 amide bonds. The highest BCUT2D eigenvalue weighted by Gasteiger charge is 2.16. The smallest absolute Gasteiger partial charge is 0.263 e. The Morgan fingerprint density at radius 1 is 1.24 bits per heavy atom. The lowest BCUT2D eigenvalue weighted by Gasteiger charge is -2.04. The number of nitrogen functional groups attached to an aromatic ring is 1. The maximum absolute atomic E-state index is 12.2. The standard InChI is InChI=1S/C15H14N4OS/c16-12-13-11(2-1-6-18-13)21-14(12)15(20)19-9-5-10-3-7-17-8-4-10/h1-4,6-8H,5,9,16H2,(H,19,20). The van der Waals surface area contributed by atoms with E-state index in [1.807, 2.05) is 24.3 Å². The van der Waals surface area contributed by atoms with Gasteiger partial charge < -0.3 is 11.1 Å². The molecular weight excluding hydrogens is 284 g/mol. The van der Waals surface area contributed by atoms with Crippen LogP contribution in [0.5, 0.6) is 0 Å². The Morgan fingerprint density at radius 3 is 2.81 bits per heavy atom. The van der Waals surface area contributed by atoms with E-state index in [1.165, 1.54) is 11.3 Å². The van der Waals surface area contributed by atoms with Crippen LogP contribution in [0.2, 0.25) is 0 Å². The van der Waals surface area contributed by atoms with E-state index in [-0.39, 0.29) is 5.91 Å². The number of carbonyl (C=O) groups is 1. The Balaban J connectivity index is 1.68. The zero-order valence-electron chi connectivity index (χ0n) is 11.2. The highest BCUT2D eigenvalue weighted by molar-refractivity contribution is 7.21. The summed E-state index contributed by atoms with van der Waals surface area (Å²) in [5.74, 6) is -0.149. The zero-order valence-corrected chi connectivity index (χ0v) is 12.1. The number of aromatic nitrogens is 2. The second kappa shape index (κ2) is 5.88. The molecule has 21 heavy (non-hydrogen) atoms. The van der Waals surface area contributed by atoms with E-state index in [0.29, 0.717) is 22.6 Å². The number of rotatable bonds is 4. The lowest BCUT2D eigenvalue weighted by atomic mass is 10.2. The zero-order chi connectivity index (χ0) is 14.7. The largest absolute Gasteiger partial charge is 0.396 e. The van der Waals surface area contributed by atoms with Gasteiger partial charge in [0.05, 0.1) is 10.4 Å². The van der Waals surface area contributed by atoms with Crippen molar-refractivity contribution < 1.29 is 4.79 Å². The van der Waals surface area contributed by atoms with Crippen molar-refractivity contribution in [2.45, 2.75) is 6.42 Å². The molecule has 0 fully saturated rings. The summed E-state index contributed by atoms with van der Waals surface area (Å²) >= 11 is 1.37. The third-order valence-corrected chi connectivity index (χ3v) is 4.30. The topological polar surface area (TPSA) is 80.9 Å². The number of nitrogens with two attached hydrogens (primary N) is 1. The number of hydrogen-bond donors (Lipinski definition) is 2. The van der Waals surface area contributed by atoms with E-state index in [9.17, 15) is 4.79 Å². The Bertz CT molecular complexity index is 770. The van der Waals surface area contributed by atoms with E-state index >= 15 is 0 Å². The van der Waals surface area contributed by atoms with Gasteiger partial charge >= 0.3 is 0 Å². The molecule has 3 aromatic rings. The molecule has 0 saturated heterocycles. The summed E-state index contributed by atoms with van der Waals surface area (Å²) in [5, 5.41) is 2.89. The molecule has 3 heterocycles. The molecular formula is C15H14N4OS. The van der Waals surface area contributed by atoms with Crippen molar-refractivity contribution in [3.05, 3.63) is 53.3 Å². The van der Waals surface area contributed by atoms with E-state index in [0.717, 1.165) is 16.7 Å². The maximum atomic E-state index is 12.2. The van der Waals surface area contributed by atoms with Crippen molar-refractivity contribution in [1.29, 1.82) is 0 Å². The molecule has 5 nitrogen and oxygen atoms in total. The summed E-state index contributed by atoms with van der Waals surface area (Å²) in [6, 6.07) is 7.62. The van der Waals surface area contributed by atoms with Gasteiger partial charge in [-0.25, -0.2) is 0 Å². The van der Waals surface area contributed by atoms with Gasteiger partial charge in [0, 0.05) is 25.1 Å². The summed E-state index contributed by atoms with van der Waals surface area (Å²) < 4.78 is 0.925. The van der Waals surface area contributed by atoms with Crippen LogP contribution in [0.3, 0.4) is 0 Å². The summed E-state index contributed by atoms with van der Waals surface area (Å²) in [7, 11) is 0. The molecule has 3 N–H and O–H groups in total. The van der Waals surface area contributed by atoms with Crippen molar-refractivity contribution in [3.63, 3.8) is 0 Å². The molecule has 0 aliphatic heterocycles. The van der Waals surface area contributed by atoms with Crippen LogP contribution in [0.25, 0.3) is 10.2 Å². The molecule has 0 aromatic carbocycles.